The van der Waals surface area contributed by atoms with Gasteiger partial charge in [0.25, 0.3) is 0 Å². The van der Waals surface area contributed by atoms with E-state index in [9.17, 15) is 8.42 Å². The van der Waals surface area contributed by atoms with E-state index in [2.05, 4.69) is 4.90 Å². The monoisotopic (exact) mass is 434 g/mol. The first-order chi connectivity index (χ1) is 14.6. The lowest BCUT2D eigenvalue weighted by atomic mass is 10.2. The second-order valence-corrected chi connectivity index (χ2v) is 9.18. The Morgan fingerprint density at radius 2 is 1.77 bits per heavy atom. The van der Waals surface area contributed by atoms with Crippen LogP contribution in [0.4, 0.5) is 5.69 Å². The van der Waals surface area contributed by atoms with Crippen LogP contribution in [0.5, 0.6) is 23.0 Å². The number of hydrogen-bond donors (Lipinski definition) is 0. The Kier molecular flexibility index (Phi) is 6.19. The molecule has 0 spiro atoms. The van der Waals surface area contributed by atoms with Gasteiger partial charge in [-0.25, -0.2) is 8.42 Å². The number of benzene rings is 2. The largest absolute Gasteiger partial charge is 0.495 e. The number of anilines is 1. The maximum Gasteiger partial charge on any atom is 0.231 e. The van der Waals surface area contributed by atoms with Gasteiger partial charge in [-0.1, -0.05) is 12.1 Å². The van der Waals surface area contributed by atoms with E-state index in [0.717, 1.165) is 11.4 Å². The number of para-hydroxylation sites is 2. The molecule has 0 unspecified atom stereocenters. The minimum atomic E-state index is -3.32. The van der Waals surface area contributed by atoms with Crippen LogP contribution >= 0.6 is 0 Å². The van der Waals surface area contributed by atoms with Crippen LogP contribution < -0.4 is 23.8 Å². The zero-order chi connectivity index (χ0) is 21.0. The van der Waals surface area contributed by atoms with E-state index >= 15 is 0 Å². The SMILES string of the molecule is COc1ccccc1N1CCN(S(=O)(=O)CCCOc2ccc3c(c2)OCO3)CC1. The van der Waals surface area contributed by atoms with Gasteiger partial charge in [-0.15, -0.1) is 0 Å². The van der Waals surface area contributed by atoms with Crippen molar-refractivity contribution in [3.63, 3.8) is 0 Å². The van der Waals surface area contributed by atoms with Gasteiger partial charge in [0, 0.05) is 32.2 Å². The molecule has 4 rings (SSSR count). The predicted molar refractivity (Wildman–Crippen MR) is 113 cm³/mol. The number of ether oxygens (including phenoxy) is 4. The normalized spacial score (nSPS) is 16.5. The number of fused-ring (bicyclic) bond motifs is 1. The molecular weight excluding hydrogens is 408 g/mol. The van der Waals surface area contributed by atoms with Crippen LogP contribution in [0.3, 0.4) is 0 Å². The van der Waals surface area contributed by atoms with Crippen LogP contribution in [0.15, 0.2) is 42.5 Å². The number of hydrogen-bond acceptors (Lipinski definition) is 7. The van der Waals surface area contributed by atoms with Crippen LogP contribution in [-0.2, 0) is 10.0 Å². The smallest absolute Gasteiger partial charge is 0.231 e. The molecule has 162 valence electrons. The van der Waals surface area contributed by atoms with Gasteiger partial charge in [0.2, 0.25) is 16.8 Å². The summed E-state index contributed by atoms with van der Waals surface area (Å²) >= 11 is 0. The van der Waals surface area contributed by atoms with Crippen molar-refractivity contribution in [1.29, 1.82) is 0 Å². The molecule has 2 heterocycles. The van der Waals surface area contributed by atoms with Gasteiger partial charge in [-0.05, 0) is 30.7 Å². The van der Waals surface area contributed by atoms with E-state index in [1.54, 1.807) is 29.6 Å². The maximum absolute atomic E-state index is 12.7. The summed E-state index contributed by atoms with van der Waals surface area (Å²) in [5.41, 5.74) is 0.995. The molecule has 0 aliphatic carbocycles. The Morgan fingerprint density at radius 1 is 1.00 bits per heavy atom. The van der Waals surface area contributed by atoms with Gasteiger partial charge in [-0.3, -0.25) is 0 Å². The van der Waals surface area contributed by atoms with Crippen molar-refractivity contribution >= 4 is 15.7 Å². The number of methoxy groups -OCH3 is 1. The van der Waals surface area contributed by atoms with E-state index < -0.39 is 10.0 Å². The Bertz CT molecular complexity index is 973. The molecule has 0 aromatic heterocycles. The summed E-state index contributed by atoms with van der Waals surface area (Å²) in [6.07, 6.45) is 0.420. The van der Waals surface area contributed by atoms with Crippen molar-refractivity contribution in [1.82, 2.24) is 4.31 Å². The standard InChI is InChI=1S/C21H26N2O6S/c1-26-19-6-3-2-5-18(19)22-9-11-23(12-10-22)30(24,25)14-4-13-27-17-7-8-20-21(15-17)29-16-28-20/h2-3,5-8,15H,4,9-14,16H2,1H3. The van der Waals surface area contributed by atoms with E-state index in [-0.39, 0.29) is 12.5 Å². The highest BCUT2D eigenvalue weighted by atomic mass is 32.2. The van der Waals surface area contributed by atoms with Crippen molar-refractivity contribution in [2.45, 2.75) is 6.42 Å². The minimum Gasteiger partial charge on any atom is -0.495 e. The highest BCUT2D eigenvalue weighted by molar-refractivity contribution is 7.89. The Hall–Kier alpha value is -2.65. The van der Waals surface area contributed by atoms with Gasteiger partial charge < -0.3 is 23.8 Å². The lowest BCUT2D eigenvalue weighted by Gasteiger charge is -2.36. The molecule has 2 aliphatic heterocycles. The zero-order valence-electron chi connectivity index (χ0n) is 17.0. The maximum atomic E-state index is 12.7. The first-order valence-electron chi connectivity index (χ1n) is 9.95. The number of nitrogens with zero attached hydrogens (tertiary/aromatic N) is 2. The fourth-order valence-electron chi connectivity index (χ4n) is 3.63. The quantitative estimate of drug-likeness (QED) is 0.590. The van der Waals surface area contributed by atoms with Gasteiger partial charge in [0.1, 0.15) is 11.5 Å². The lowest BCUT2D eigenvalue weighted by molar-refractivity contribution is 0.173. The van der Waals surface area contributed by atoms with Crippen LogP contribution in [0, 0.1) is 0 Å². The summed E-state index contributed by atoms with van der Waals surface area (Å²) in [5, 5.41) is 0. The minimum absolute atomic E-state index is 0.0617. The molecule has 0 amide bonds. The van der Waals surface area contributed by atoms with Crippen LogP contribution in [0.2, 0.25) is 0 Å². The number of sulfonamides is 1. The Morgan fingerprint density at radius 3 is 2.57 bits per heavy atom. The van der Waals surface area contributed by atoms with Gasteiger partial charge in [0.15, 0.2) is 11.5 Å². The number of rotatable bonds is 8. The van der Waals surface area contributed by atoms with Crippen molar-refractivity contribution < 1.29 is 27.4 Å². The summed E-state index contributed by atoms with van der Waals surface area (Å²) in [5.74, 6) is 2.84. The Labute approximate surface area is 176 Å². The van der Waals surface area contributed by atoms with Crippen LogP contribution in [0.1, 0.15) is 6.42 Å². The molecule has 0 N–H and O–H groups in total. The summed E-state index contributed by atoms with van der Waals surface area (Å²) in [6.45, 7) is 2.72. The number of piperazine rings is 1. The molecule has 1 saturated heterocycles. The third-order valence-electron chi connectivity index (χ3n) is 5.22. The molecule has 0 saturated carbocycles. The fraction of sp³-hybridized carbons (Fsp3) is 0.429. The van der Waals surface area contributed by atoms with Crippen molar-refractivity contribution in [3.05, 3.63) is 42.5 Å². The average Bonchev–Trinajstić information content (AvgIpc) is 3.25. The zero-order valence-corrected chi connectivity index (χ0v) is 17.8. The predicted octanol–water partition coefficient (Wildman–Crippen LogP) is 2.34. The molecular formula is C21H26N2O6S. The highest BCUT2D eigenvalue weighted by Gasteiger charge is 2.27. The van der Waals surface area contributed by atoms with E-state index in [4.69, 9.17) is 18.9 Å². The van der Waals surface area contributed by atoms with Crippen molar-refractivity contribution in [2.75, 3.05) is 57.3 Å². The summed E-state index contributed by atoms with van der Waals surface area (Å²) in [6, 6.07) is 13.1. The first kappa shape index (κ1) is 20.6. The van der Waals surface area contributed by atoms with Crippen molar-refractivity contribution in [2.24, 2.45) is 0 Å². The topological polar surface area (TPSA) is 77.5 Å². The van der Waals surface area contributed by atoms with E-state index in [1.165, 1.54) is 0 Å². The molecule has 0 radical (unpaired) electrons. The summed E-state index contributed by atoms with van der Waals surface area (Å²) in [7, 11) is -1.67. The molecule has 2 aromatic carbocycles. The third-order valence-corrected chi connectivity index (χ3v) is 7.17. The molecule has 8 nitrogen and oxygen atoms in total. The lowest BCUT2D eigenvalue weighted by Crippen LogP contribution is -2.49. The van der Waals surface area contributed by atoms with Gasteiger partial charge >= 0.3 is 0 Å². The second kappa shape index (κ2) is 9.01. The molecule has 9 heteroatoms. The molecule has 2 aliphatic rings. The third kappa shape index (κ3) is 4.57. The first-order valence-corrected chi connectivity index (χ1v) is 11.6. The summed E-state index contributed by atoms with van der Waals surface area (Å²) < 4.78 is 48.7. The Balaban J connectivity index is 1.24. The fourth-order valence-corrected chi connectivity index (χ4v) is 5.09. The molecule has 1 fully saturated rings. The molecule has 0 atom stereocenters. The van der Waals surface area contributed by atoms with Crippen molar-refractivity contribution in [3.8, 4) is 23.0 Å². The van der Waals surface area contributed by atoms with E-state index in [1.807, 2.05) is 24.3 Å². The van der Waals surface area contributed by atoms with Gasteiger partial charge in [-0.2, -0.15) is 4.31 Å². The van der Waals surface area contributed by atoms with Gasteiger partial charge in [0.05, 0.1) is 25.2 Å². The molecule has 0 bridgehead atoms. The van der Waals surface area contributed by atoms with Crippen LogP contribution in [0.25, 0.3) is 0 Å². The average molecular weight is 435 g/mol. The van der Waals surface area contributed by atoms with E-state index in [0.29, 0.717) is 56.5 Å². The molecule has 30 heavy (non-hydrogen) atoms. The van der Waals surface area contributed by atoms with Crippen LogP contribution in [-0.4, -0.2) is 65.2 Å². The highest BCUT2D eigenvalue weighted by Crippen LogP contribution is 2.35. The molecule has 2 aromatic rings. The second-order valence-electron chi connectivity index (χ2n) is 7.09. The summed E-state index contributed by atoms with van der Waals surface area (Å²) in [4.78, 5) is 2.16.